The maximum absolute atomic E-state index is 14.9. The lowest BCUT2D eigenvalue weighted by atomic mass is 9.88. The highest BCUT2D eigenvalue weighted by Crippen LogP contribution is 2.50. The van der Waals surface area contributed by atoms with Crippen molar-refractivity contribution < 1.29 is 22.8 Å². The van der Waals surface area contributed by atoms with Crippen LogP contribution in [-0.2, 0) is 9.59 Å². The van der Waals surface area contributed by atoms with Gasteiger partial charge in [0.1, 0.15) is 17.6 Å². The minimum absolute atomic E-state index is 0.0748. The Bertz CT molecular complexity index is 1230. The normalized spacial score (nSPS) is 16.9. The Morgan fingerprint density at radius 3 is 2.34 bits per heavy atom. The van der Waals surface area contributed by atoms with Crippen molar-refractivity contribution in [2.75, 3.05) is 5.32 Å². The van der Waals surface area contributed by atoms with Crippen molar-refractivity contribution in [3.05, 3.63) is 54.4 Å². The van der Waals surface area contributed by atoms with Gasteiger partial charge in [-0.25, -0.2) is 13.8 Å². The van der Waals surface area contributed by atoms with Gasteiger partial charge in [-0.1, -0.05) is 0 Å². The number of alkyl halides is 2. The van der Waals surface area contributed by atoms with E-state index in [2.05, 4.69) is 25.6 Å². The Labute approximate surface area is 219 Å². The van der Waals surface area contributed by atoms with E-state index in [4.69, 9.17) is 5.73 Å². The summed E-state index contributed by atoms with van der Waals surface area (Å²) in [5.41, 5.74) is 4.99. The van der Waals surface area contributed by atoms with Crippen LogP contribution < -0.4 is 16.4 Å². The highest BCUT2D eigenvalue weighted by Gasteiger charge is 2.48. The Hall–Kier alpha value is -3.76. The standard InChI is InChI=1S/C27H31F3N6O2/c1-14(2)33-20(9-11-31)26(37)36-23(22(15-3-4-15)16-5-6-16)27(38)35-21-8-7-18(25(30)34-21)19-13-32-12-10-17(19)24(28)29/h7-16,22-24H,3-6,31H2,1-2H3,(H,36,37)(H,34,35,38). The number of carbonyl (C=O) groups excluding carboxylic acids is 2. The maximum atomic E-state index is 14.9. The molecule has 2 amide bonds. The molecule has 0 spiro atoms. The zero-order valence-electron chi connectivity index (χ0n) is 21.2. The molecule has 0 saturated heterocycles. The highest BCUT2D eigenvalue weighted by molar-refractivity contribution is 6.43. The summed E-state index contributed by atoms with van der Waals surface area (Å²) in [5, 5.41) is 5.45. The number of nitrogens with one attached hydrogen (secondary N) is 2. The predicted molar refractivity (Wildman–Crippen MR) is 138 cm³/mol. The summed E-state index contributed by atoms with van der Waals surface area (Å²) in [7, 11) is 0. The molecule has 0 aromatic carbocycles. The van der Waals surface area contributed by atoms with E-state index in [9.17, 15) is 22.8 Å². The molecule has 0 radical (unpaired) electrons. The Kier molecular flexibility index (Phi) is 8.43. The average molecular weight is 529 g/mol. The molecule has 38 heavy (non-hydrogen) atoms. The molecular formula is C27H31F3N6O2. The van der Waals surface area contributed by atoms with Crippen molar-refractivity contribution in [2.45, 2.75) is 58.0 Å². The molecule has 2 aliphatic carbocycles. The van der Waals surface area contributed by atoms with Gasteiger partial charge in [0.05, 0.1) is 0 Å². The van der Waals surface area contributed by atoms with E-state index in [-0.39, 0.29) is 40.2 Å². The average Bonchev–Trinajstić information content (AvgIpc) is 3.79. The van der Waals surface area contributed by atoms with E-state index < -0.39 is 30.2 Å². The SMILES string of the molecule is CC(C)N=C(C=CN)C(=O)NC(C(=O)Nc1ccc(-c2cnccc2C(F)F)c(F)n1)C(C1CC1)C1CC1. The van der Waals surface area contributed by atoms with E-state index in [0.717, 1.165) is 37.9 Å². The number of rotatable bonds is 11. The lowest BCUT2D eigenvalue weighted by Crippen LogP contribution is -2.51. The first-order valence-corrected chi connectivity index (χ1v) is 12.7. The molecule has 1 atom stereocenters. The van der Waals surface area contributed by atoms with Crippen LogP contribution >= 0.6 is 0 Å². The number of hydrogen-bond donors (Lipinski definition) is 3. The fraction of sp³-hybridized carbons (Fsp3) is 0.444. The number of halogens is 3. The van der Waals surface area contributed by atoms with Crippen molar-refractivity contribution >= 4 is 23.3 Å². The van der Waals surface area contributed by atoms with Gasteiger partial charge in [-0.05, 0) is 87.8 Å². The molecule has 2 saturated carbocycles. The van der Waals surface area contributed by atoms with Crippen LogP contribution in [0.25, 0.3) is 11.1 Å². The lowest BCUT2D eigenvalue weighted by molar-refractivity contribution is -0.124. The molecule has 1 unspecified atom stereocenters. The molecule has 0 aliphatic heterocycles. The molecule has 2 aromatic rings. The number of aromatic nitrogens is 2. The zero-order chi connectivity index (χ0) is 27.4. The van der Waals surface area contributed by atoms with E-state index in [1.165, 1.54) is 30.6 Å². The quantitative estimate of drug-likeness (QED) is 0.295. The monoisotopic (exact) mass is 528 g/mol. The predicted octanol–water partition coefficient (Wildman–Crippen LogP) is 4.40. The molecule has 11 heteroatoms. The number of hydrogen-bond acceptors (Lipinski definition) is 6. The number of nitrogens with zero attached hydrogens (tertiary/aromatic N) is 3. The van der Waals surface area contributed by atoms with Crippen LogP contribution in [0.1, 0.15) is 51.5 Å². The van der Waals surface area contributed by atoms with Crippen LogP contribution in [0, 0.1) is 23.7 Å². The first-order chi connectivity index (χ1) is 18.2. The second-order valence-corrected chi connectivity index (χ2v) is 9.96. The molecule has 0 bridgehead atoms. The van der Waals surface area contributed by atoms with Crippen LogP contribution in [-0.4, -0.2) is 39.6 Å². The van der Waals surface area contributed by atoms with E-state index in [1.54, 1.807) is 0 Å². The smallest absolute Gasteiger partial charge is 0.270 e. The highest BCUT2D eigenvalue weighted by atomic mass is 19.3. The van der Waals surface area contributed by atoms with Gasteiger partial charge in [0.2, 0.25) is 11.9 Å². The van der Waals surface area contributed by atoms with Crippen LogP contribution in [0.3, 0.4) is 0 Å². The van der Waals surface area contributed by atoms with Gasteiger partial charge < -0.3 is 16.4 Å². The van der Waals surface area contributed by atoms with Gasteiger partial charge in [-0.15, -0.1) is 0 Å². The van der Waals surface area contributed by atoms with Crippen molar-refractivity contribution in [3.8, 4) is 11.1 Å². The van der Waals surface area contributed by atoms with Crippen molar-refractivity contribution in [1.29, 1.82) is 0 Å². The first kappa shape index (κ1) is 27.3. The number of nitrogens with two attached hydrogens (primary N) is 1. The molecular weight excluding hydrogens is 497 g/mol. The Morgan fingerprint density at radius 1 is 1.11 bits per heavy atom. The summed E-state index contributed by atoms with van der Waals surface area (Å²) >= 11 is 0. The molecule has 2 fully saturated rings. The Balaban J connectivity index is 1.58. The zero-order valence-corrected chi connectivity index (χ0v) is 21.2. The van der Waals surface area contributed by atoms with Gasteiger partial charge in [-0.3, -0.25) is 19.6 Å². The summed E-state index contributed by atoms with van der Waals surface area (Å²) in [6.07, 6.45) is 6.00. The van der Waals surface area contributed by atoms with E-state index >= 15 is 0 Å². The van der Waals surface area contributed by atoms with Crippen LogP contribution in [0.2, 0.25) is 0 Å². The number of carbonyl (C=O) groups is 2. The van der Waals surface area contributed by atoms with Gasteiger partial charge in [0.25, 0.3) is 12.3 Å². The van der Waals surface area contributed by atoms with Crippen molar-refractivity contribution in [1.82, 2.24) is 15.3 Å². The lowest BCUT2D eigenvalue weighted by Gasteiger charge is -2.27. The van der Waals surface area contributed by atoms with Crippen LogP contribution in [0.15, 0.2) is 47.9 Å². The number of anilines is 1. The fourth-order valence-corrected chi connectivity index (χ4v) is 4.72. The second kappa shape index (κ2) is 11.7. The summed E-state index contributed by atoms with van der Waals surface area (Å²) in [6.45, 7) is 3.64. The largest absolute Gasteiger partial charge is 0.405 e. The van der Waals surface area contributed by atoms with E-state index in [1.807, 2.05) is 13.8 Å². The first-order valence-electron chi connectivity index (χ1n) is 12.7. The summed E-state index contributed by atoms with van der Waals surface area (Å²) in [6, 6.07) is 2.67. The molecule has 8 nitrogen and oxygen atoms in total. The summed E-state index contributed by atoms with van der Waals surface area (Å²) in [5.74, 6) is -1.65. The van der Waals surface area contributed by atoms with Crippen LogP contribution in [0.4, 0.5) is 19.0 Å². The topological polar surface area (TPSA) is 122 Å². The van der Waals surface area contributed by atoms with Crippen LogP contribution in [0.5, 0.6) is 0 Å². The Morgan fingerprint density at radius 2 is 1.79 bits per heavy atom. The molecule has 4 N–H and O–H groups in total. The van der Waals surface area contributed by atoms with Gasteiger partial charge in [0.15, 0.2) is 0 Å². The number of pyridine rings is 2. The molecule has 202 valence electrons. The van der Waals surface area contributed by atoms with Gasteiger partial charge in [0, 0.05) is 35.1 Å². The third-order valence-corrected chi connectivity index (χ3v) is 6.65. The van der Waals surface area contributed by atoms with Gasteiger partial charge in [-0.2, -0.15) is 4.39 Å². The molecule has 2 aromatic heterocycles. The number of aliphatic imine (C=N–C) groups is 1. The minimum atomic E-state index is -2.82. The fourth-order valence-electron chi connectivity index (χ4n) is 4.72. The second-order valence-electron chi connectivity index (χ2n) is 9.96. The maximum Gasteiger partial charge on any atom is 0.270 e. The number of amides is 2. The molecule has 4 rings (SSSR count). The van der Waals surface area contributed by atoms with Crippen molar-refractivity contribution in [3.63, 3.8) is 0 Å². The minimum Gasteiger partial charge on any atom is -0.405 e. The summed E-state index contributed by atoms with van der Waals surface area (Å²) in [4.78, 5) is 38.5. The van der Waals surface area contributed by atoms with Crippen molar-refractivity contribution in [2.24, 2.45) is 28.5 Å². The summed E-state index contributed by atoms with van der Waals surface area (Å²) < 4.78 is 41.7. The third kappa shape index (κ3) is 6.56. The van der Waals surface area contributed by atoms with Gasteiger partial charge >= 0.3 is 0 Å². The van der Waals surface area contributed by atoms with E-state index in [0.29, 0.717) is 11.8 Å². The molecule has 2 aliphatic rings. The third-order valence-electron chi connectivity index (χ3n) is 6.65. The molecule has 2 heterocycles.